The second-order valence-corrected chi connectivity index (χ2v) is 4.92. The molecule has 0 radical (unpaired) electrons. The van der Waals surface area contributed by atoms with Crippen molar-refractivity contribution in [3.8, 4) is 0 Å². The molecule has 1 amide bonds. The van der Waals surface area contributed by atoms with Crippen LogP contribution in [0.4, 0.5) is 4.79 Å². The number of amides is 1. The maximum absolute atomic E-state index is 11.8. The molecule has 0 unspecified atom stereocenters. The number of rotatable bonds is 3. The minimum Gasteiger partial charge on any atom is -0.447 e. The molecule has 2 aliphatic heterocycles. The van der Waals surface area contributed by atoms with Gasteiger partial charge in [0.2, 0.25) is 0 Å². The standard InChI is InChI=1S/C12H22N2O2/c1-3-9(2)11-8-16-12(15)14(11)10-4-6-13-7-5-10/h9-11,13H,3-8H2,1-2H3/t9-,11-/m0/s1. The van der Waals surface area contributed by atoms with Crippen LogP contribution in [0, 0.1) is 5.92 Å². The fourth-order valence-corrected chi connectivity index (χ4v) is 2.66. The highest BCUT2D eigenvalue weighted by atomic mass is 16.6. The van der Waals surface area contributed by atoms with Crippen molar-refractivity contribution < 1.29 is 9.53 Å². The van der Waals surface area contributed by atoms with Gasteiger partial charge in [-0.25, -0.2) is 4.79 Å². The van der Waals surface area contributed by atoms with E-state index in [0.29, 0.717) is 24.6 Å². The first-order valence-electron chi connectivity index (χ1n) is 6.39. The molecular formula is C12H22N2O2. The van der Waals surface area contributed by atoms with Crippen molar-refractivity contribution in [2.45, 2.75) is 45.2 Å². The average Bonchev–Trinajstić information content (AvgIpc) is 2.71. The fourth-order valence-electron chi connectivity index (χ4n) is 2.66. The normalized spacial score (nSPS) is 29.2. The molecule has 1 N–H and O–H groups in total. The van der Waals surface area contributed by atoms with Crippen molar-refractivity contribution in [1.29, 1.82) is 0 Å². The highest BCUT2D eigenvalue weighted by Gasteiger charge is 2.40. The summed E-state index contributed by atoms with van der Waals surface area (Å²) in [5.41, 5.74) is 0. The Labute approximate surface area is 97.3 Å². The first kappa shape index (κ1) is 11.7. The summed E-state index contributed by atoms with van der Waals surface area (Å²) < 4.78 is 5.22. The molecule has 0 aromatic heterocycles. The van der Waals surface area contributed by atoms with E-state index in [1.165, 1.54) is 0 Å². The molecule has 2 heterocycles. The van der Waals surface area contributed by atoms with Gasteiger partial charge in [0.25, 0.3) is 0 Å². The van der Waals surface area contributed by atoms with Crippen molar-refractivity contribution in [3.63, 3.8) is 0 Å². The average molecular weight is 226 g/mol. The summed E-state index contributed by atoms with van der Waals surface area (Å²) >= 11 is 0. The molecule has 2 rings (SSSR count). The maximum Gasteiger partial charge on any atom is 0.410 e. The molecule has 0 saturated carbocycles. The summed E-state index contributed by atoms with van der Waals surface area (Å²) in [6, 6.07) is 0.677. The molecule has 2 atom stereocenters. The molecule has 0 bridgehead atoms. The van der Waals surface area contributed by atoms with Crippen LogP contribution in [0.1, 0.15) is 33.1 Å². The number of cyclic esters (lactones) is 1. The van der Waals surface area contributed by atoms with Gasteiger partial charge in [-0.1, -0.05) is 20.3 Å². The van der Waals surface area contributed by atoms with Gasteiger partial charge < -0.3 is 10.1 Å². The SMILES string of the molecule is CC[C@H](C)[C@@H]1COC(=O)N1C1CCNCC1. The van der Waals surface area contributed by atoms with Gasteiger partial charge in [0.15, 0.2) is 0 Å². The Morgan fingerprint density at radius 1 is 1.50 bits per heavy atom. The first-order valence-corrected chi connectivity index (χ1v) is 6.39. The topological polar surface area (TPSA) is 41.6 Å². The Morgan fingerprint density at radius 3 is 2.81 bits per heavy atom. The summed E-state index contributed by atoms with van der Waals surface area (Å²) in [6.45, 7) is 7.00. The van der Waals surface area contributed by atoms with Crippen LogP contribution in [-0.4, -0.2) is 42.8 Å². The third-order valence-electron chi connectivity index (χ3n) is 3.95. The van der Waals surface area contributed by atoms with Crippen molar-refractivity contribution in [2.75, 3.05) is 19.7 Å². The van der Waals surface area contributed by atoms with Crippen LogP contribution < -0.4 is 5.32 Å². The van der Waals surface area contributed by atoms with E-state index in [-0.39, 0.29) is 6.09 Å². The van der Waals surface area contributed by atoms with E-state index in [1.54, 1.807) is 0 Å². The lowest BCUT2D eigenvalue weighted by Gasteiger charge is -2.35. The predicted octanol–water partition coefficient (Wildman–Crippen LogP) is 1.61. The van der Waals surface area contributed by atoms with Gasteiger partial charge in [0, 0.05) is 6.04 Å². The van der Waals surface area contributed by atoms with E-state index in [0.717, 1.165) is 32.4 Å². The van der Waals surface area contributed by atoms with Gasteiger partial charge in [0.05, 0.1) is 6.04 Å². The highest BCUT2D eigenvalue weighted by molar-refractivity contribution is 5.70. The quantitative estimate of drug-likeness (QED) is 0.795. The zero-order chi connectivity index (χ0) is 11.5. The van der Waals surface area contributed by atoms with E-state index >= 15 is 0 Å². The Hall–Kier alpha value is -0.770. The Morgan fingerprint density at radius 2 is 2.19 bits per heavy atom. The number of ether oxygens (including phenoxy) is 1. The second kappa shape index (κ2) is 5.04. The lowest BCUT2D eigenvalue weighted by atomic mass is 9.95. The third-order valence-corrected chi connectivity index (χ3v) is 3.95. The van der Waals surface area contributed by atoms with Crippen molar-refractivity contribution in [1.82, 2.24) is 10.2 Å². The Balaban J connectivity index is 2.05. The summed E-state index contributed by atoms with van der Waals surface area (Å²) in [5, 5.41) is 3.33. The van der Waals surface area contributed by atoms with E-state index in [2.05, 4.69) is 19.2 Å². The molecule has 0 aliphatic carbocycles. The first-order chi connectivity index (χ1) is 7.74. The minimum atomic E-state index is -0.0998. The molecule has 0 spiro atoms. The van der Waals surface area contributed by atoms with E-state index in [1.807, 2.05) is 4.90 Å². The third kappa shape index (κ3) is 2.17. The van der Waals surface area contributed by atoms with Crippen LogP contribution in [0.2, 0.25) is 0 Å². The monoisotopic (exact) mass is 226 g/mol. The van der Waals surface area contributed by atoms with Crippen molar-refractivity contribution >= 4 is 6.09 Å². The zero-order valence-electron chi connectivity index (χ0n) is 10.2. The molecule has 0 aromatic carbocycles. The van der Waals surface area contributed by atoms with Crippen molar-refractivity contribution in [3.05, 3.63) is 0 Å². The molecule has 2 fully saturated rings. The number of carbonyl (C=O) groups excluding carboxylic acids is 1. The Kier molecular flexibility index (Phi) is 3.69. The number of nitrogens with zero attached hydrogens (tertiary/aromatic N) is 1. The second-order valence-electron chi connectivity index (χ2n) is 4.92. The van der Waals surface area contributed by atoms with Gasteiger partial charge in [-0.2, -0.15) is 0 Å². The molecule has 16 heavy (non-hydrogen) atoms. The van der Waals surface area contributed by atoms with Crippen molar-refractivity contribution in [2.24, 2.45) is 5.92 Å². The molecule has 2 saturated heterocycles. The van der Waals surface area contributed by atoms with Crippen LogP contribution in [0.5, 0.6) is 0 Å². The summed E-state index contributed by atoms with van der Waals surface area (Å²) in [6.07, 6.45) is 3.12. The maximum atomic E-state index is 11.8. The van der Waals surface area contributed by atoms with Crippen LogP contribution in [0.3, 0.4) is 0 Å². The number of nitrogens with one attached hydrogen (secondary N) is 1. The predicted molar refractivity (Wildman–Crippen MR) is 62.3 cm³/mol. The van der Waals surface area contributed by atoms with E-state index in [4.69, 9.17) is 4.74 Å². The lowest BCUT2D eigenvalue weighted by Crippen LogP contribution is -2.49. The molecule has 0 aromatic rings. The van der Waals surface area contributed by atoms with Crippen LogP contribution in [-0.2, 0) is 4.74 Å². The van der Waals surface area contributed by atoms with Crippen LogP contribution in [0.15, 0.2) is 0 Å². The summed E-state index contributed by atoms with van der Waals surface area (Å²) in [4.78, 5) is 13.8. The lowest BCUT2D eigenvalue weighted by molar-refractivity contribution is 0.125. The van der Waals surface area contributed by atoms with Gasteiger partial charge >= 0.3 is 6.09 Å². The molecule has 92 valence electrons. The fraction of sp³-hybridized carbons (Fsp3) is 0.917. The van der Waals surface area contributed by atoms with Crippen LogP contribution in [0.25, 0.3) is 0 Å². The molecule has 2 aliphatic rings. The molecular weight excluding hydrogens is 204 g/mol. The van der Waals surface area contributed by atoms with Gasteiger partial charge in [-0.05, 0) is 31.8 Å². The van der Waals surface area contributed by atoms with Gasteiger partial charge in [-0.3, -0.25) is 4.90 Å². The Bertz CT molecular complexity index is 251. The van der Waals surface area contributed by atoms with Gasteiger partial charge in [0.1, 0.15) is 6.61 Å². The van der Waals surface area contributed by atoms with E-state index < -0.39 is 0 Å². The minimum absolute atomic E-state index is 0.0998. The molecule has 4 heteroatoms. The molecule has 4 nitrogen and oxygen atoms in total. The summed E-state index contributed by atoms with van der Waals surface area (Å²) in [5.74, 6) is 0.529. The highest BCUT2D eigenvalue weighted by Crippen LogP contribution is 2.27. The number of hydrogen-bond acceptors (Lipinski definition) is 3. The van der Waals surface area contributed by atoms with E-state index in [9.17, 15) is 4.79 Å². The number of carbonyl (C=O) groups is 1. The largest absolute Gasteiger partial charge is 0.447 e. The smallest absolute Gasteiger partial charge is 0.410 e. The summed E-state index contributed by atoms with van der Waals surface area (Å²) in [7, 11) is 0. The number of piperidine rings is 1. The zero-order valence-corrected chi connectivity index (χ0v) is 10.2. The van der Waals surface area contributed by atoms with Crippen LogP contribution >= 0.6 is 0 Å². The number of hydrogen-bond donors (Lipinski definition) is 1. The van der Waals surface area contributed by atoms with Gasteiger partial charge in [-0.15, -0.1) is 0 Å².